The predicted molar refractivity (Wildman–Crippen MR) is 62.5 cm³/mol. The van der Waals surface area contributed by atoms with Crippen molar-refractivity contribution in [3.8, 4) is 0 Å². The van der Waals surface area contributed by atoms with Gasteiger partial charge >= 0.3 is 0 Å². The Morgan fingerprint density at radius 2 is 1.73 bits per heavy atom. The fourth-order valence-electron chi connectivity index (χ4n) is 3.98. The lowest BCUT2D eigenvalue weighted by Gasteiger charge is -2.51. The van der Waals surface area contributed by atoms with E-state index in [1.807, 2.05) is 0 Å². The molecule has 2 fully saturated rings. The van der Waals surface area contributed by atoms with Crippen molar-refractivity contribution < 1.29 is 5.11 Å². The second-order valence-corrected chi connectivity index (χ2v) is 5.76. The fourth-order valence-corrected chi connectivity index (χ4v) is 3.98. The molecule has 2 nitrogen and oxygen atoms in total. The Hall–Kier alpha value is -0.0800. The molecule has 0 heterocycles. The standard InChI is InChI=1S/C13H25NO/c1-11-6-2-3-9-13(11,15)12(10-14)7-4-5-8-12/h11,15H,2-10,14H2,1H3. The second kappa shape index (κ2) is 4.06. The minimum Gasteiger partial charge on any atom is -0.389 e. The van der Waals surface area contributed by atoms with Crippen LogP contribution in [0.5, 0.6) is 0 Å². The molecule has 2 saturated carbocycles. The Balaban J connectivity index is 2.24. The van der Waals surface area contributed by atoms with E-state index in [0.29, 0.717) is 12.5 Å². The third-order valence-electron chi connectivity index (χ3n) is 5.13. The molecule has 0 aromatic rings. The summed E-state index contributed by atoms with van der Waals surface area (Å²) in [5.74, 6) is 0.438. The maximum Gasteiger partial charge on any atom is 0.0741 e. The molecule has 0 amide bonds. The molecule has 3 N–H and O–H groups in total. The van der Waals surface area contributed by atoms with Crippen molar-refractivity contribution in [3.05, 3.63) is 0 Å². The molecule has 15 heavy (non-hydrogen) atoms. The van der Waals surface area contributed by atoms with Gasteiger partial charge < -0.3 is 10.8 Å². The summed E-state index contributed by atoms with van der Waals surface area (Å²) in [6.45, 7) is 2.89. The zero-order valence-electron chi connectivity index (χ0n) is 9.97. The molecule has 2 aliphatic carbocycles. The second-order valence-electron chi connectivity index (χ2n) is 5.76. The van der Waals surface area contributed by atoms with Crippen LogP contribution in [0.15, 0.2) is 0 Å². The first-order valence-electron chi connectivity index (χ1n) is 6.57. The van der Waals surface area contributed by atoms with Gasteiger partial charge in [-0.1, -0.05) is 32.6 Å². The molecule has 2 aliphatic rings. The summed E-state index contributed by atoms with van der Waals surface area (Å²) >= 11 is 0. The Morgan fingerprint density at radius 3 is 2.27 bits per heavy atom. The number of nitrogens with two attached hydrogens (primary N) is 1. The van der Waals surface area contributed by atoms with Crippen LogP contribution < -0.4 is 5.73 Å². The average molecular weight is 211 g/mol. The highest BCUT2D eigenvalue weighted by Gasteiger charge is 2.53. The maximum absolute atomic E-state index is 11.0. The van der Waals surface area contributed by atoms with Crippen LogP contribution >= 0.6 is 0 Å². The van der Waals surface area contributed by atoms with Crippen LogP contribution in [0, 0.1) is 11.3 Å². The number of aliphatic hydroxyl groups is 1. The molecule has 0 aromatic heterocycles. The normalized spacial score (nSPS) is 40.6. The summed E-state index contributed by atoms with van der Waals surface area (Å²) in [4.78, 5) is 0. The van der Waals surface area contributed by atoms with Crippen molar-refractivity contribution in [2.45, 2.75) is 63.9 Å². The van der Waals surface area contributed by atoms with E-state index < -0.39 is 5.60 Å². The Bertz CT molecular complexity index is 223. The molecule has 0 radical (unpaired) electrons. The van der Waals surface area contributed by atoms with Gasteiger partial charge in [-0.15, -0.1) is 0 Å². The van der Waals surface area contributed by atoms with Gasteiger partial charge in [0.05, 0.1) is 5.60 Å². The molecule has 0 spiro atoms. The molecule has 2 atom stereocenters. The van der Waals surface area contributed by atoms with Gasteiger partial charge in [0.2, 0.25) is 0 Å². The first-order valence-corrected chi connectivity index (χ1v) is 6.57. The molecule has 0 aliphatic heterocycles. The van der Waals surface area contributed by atoms with Gasteiger partial charge in [-0.2, -0.15) is 0 Å². The average Bonchev–Trinajstić information content (AvgIpc) is 2.72. The van der Waals surface area contributed by atoms with Crippen molar-refractivity contribution in [1.82, 2.24) is 0 Å². The summed E-state index contributed by atoms with van der Waals surface area (Å²) in [6.07, 6.45) is 9.42. The molecule has 0 saturated heterocycles. The van der Waals surface area contributed by atoms with Crippen LogP contribution in [0.25, 0.3) is 0 Å². The lowest BCUT2D eigenvalue weighted by atomic mass is 9.59. The van der Waals surface area contributed by atoms with Crippen molar-refractivity contribution in [2.24, 2.45) is 17.1 Å². The van der Waals surface area contributed by atoms with Gasteiger partial charge in [0.1, 0.15) is 0 Å². The lowest BCUT2D eigenvalue weighted by Crippen LogP contribution is -2.56. The van der Waals surface area contributed by atoms with E-state index in [0.717, 1.165) is 19.3 Å². The zero-order valence-corrected chi connectivity index (χ0v) is 9.97. The van der Waals surface area contributed by atoms with Crippen LogP contribution in [-0.4, -0.2) is 17.3 Å². The maximum atomic E-state index is 11.0. The van der Waals surface area contributed by atoms with E-state index >= 15 is 0 Å². The van der Waals surface area contributed by atoms with Crippen LogP contribution in [-0.2, 0) is 0 Å². The quantitative estimate of drug-likeness (QED) is 0.737. The molecule has 0 aromatic carbocycles. The monoisotopic (exact) mass is 211 g/mol. The number of hydrogen-bond donors (Lipinski definition) is 2. The third kappa shape index (κ3) is 1.62. The number of hydrogen-bond acceptors (Lipinski definition) is 2. The molecular formula is C13H25NO. The summed E-state index contributed by atoms with van der Waals surface area (Å²) < 4.78 is 0. The van der Waals surface area contributed by atoms with Gasteiger partial charge in [0.25, 0.3) is 0 Å². The summed E-state index contributed by atoms with van der Waals surface area (Å²) in [6, 6.07) is 0. The summed E-state index contributed by atoms with van der Waals surface area (Å²) in [5, 5.41) is 11.0. The van der Waals surface area contributed by atoms with Crippen LogP contribution in [0.1, 0.15) is 58.3 Å². The number of rotatable bonds is 2. The molecule has 0 bridgehead atoms. The van der Waals surface area contributed by atoms with Gasteiger partial charge in [-0.3, -0.25) is 0 Å². The molecule has 2 rings (SSSR count). The Morgan fingerprint density at radius 1 is 1.13 bits per heavy atom. The largest absolute Gasteiger partial charge is 0.389 e. The highest BCUT2D eigenvalue weighted by molar-refractivity contribution is 5.05. The van der Waals surface area contributed by atoms with Crippen LogP contribution in [0.4, 0.5) is 0 Å². The Labute approximate surface area is 93.2 Å². The highest BCUT2D eigenvalue weighted by atomic mass is 16.3. The van der Waals surface area contributed by atoms with Gasteiger partial charge in [-0.05, 0) is 31.6 Å². The summed E-state index contributed by atoms with van der Waals surface area (Å²) in [7, 11) is 0. The predicted octanol–water partition coefficient (Wildman–Crippen LogP) is 2.45. The van der Waals surface area contributed by atoms with Crippen molar-refractivity contribution in [2.75, 3.05) is 6.54 Å². The first kappa shape index (κ1) is 11.4. The minimum absolute atomic E-state index is 0.0484. The minimum atomic E-state index is -0.462. The smallest absolute Gasteiger partial charge is 0.0741 e. The highest BCUT2D eigenvalue weighted by Crippen LogP contribution is 2.53. The van der Waals surface area contributed by atoms with Gasteiger partial charge in [-0.25, -0.2) is 0 Å². The van der Waals surface area contributed by atoms with E-state index in [1.54, 1.807) is 0 Å². The van der Waals surface area contributed by atoms with E-state index in [4.69, 9.17) is 5.73 Å². The molecule has 2 heteroatoms. The molecule has 2 unspecified atom stereocenters. The first-order chi connectivity index (χ1) is 7.15. The molecule has 88 valence electrons. The zero-order chi connectivity index (χ0) is 10.9. The molecular weight excluding hydrogens is 186 g/mol. The van der Waals surface area contributed by atoms with Crippen LogP contribution in [0.2, 0.25) is 0 Å². The SMILES string of the molecule is CC1CCCCC1(O)C1(CN)CCCC1. The van der Waals surface area contributed by atoms with Gasteiger partial charge in [0.15, 0.2) is 0 Å². The fraction of sp³-hybridized carbons (Fsp3) is 1.00. The van der Waals surface area contributed by atoms with E-state index in [9.17, 15) is 5.11 Å². The topological polar surface area (TPSA) is 46.2 Å². The summed E-state index contributed by atoms with van der Waals surface area (Å²) in [5.41, 5.74) is 5.57. The van der Waals surface area contributed by atoms with Crippen molar-refractivity contribution in [3.63, 3.8) is 0 Å². The van der Waals surface area contributed by atoms with E-state index in [2.05, 4.69) is 6.92 Å². The van der Waals surface area contributed by atoms with Crippen molar-refractivity contribution >= 4 is 0 Å². The van der Waals surface area contributed by atoms with Crippen molar-refractivity contribution in [1.29, 1.82) is 0 Å². The van der Waals surface area contributed by atoms with Gasteiger partial charge in [0, 0.05) is 12.0 Å². The van der Waals surface area contributed by atoms with E-state index in [-0.39, 0.29) is 5.41 Å². The van der Waals surface area contributed by atoms with E-state index in [1.165, 1.54) is 32.1 Å². The Kier molecular flexibility index (Phi) is 3.09. The van der Waals surface area contributed by atoms with Crippen LogP contribution in [0.3, 0.4) is 0 Å². The lowest BCUT2D eigenvalue weighted by molar-refractivity contribution is -0.137. The third-order valence-corrected chi connectivity index (χ3v) is 5.13.